The maximum atomic E-state index is 12.4. The fourth-order valence-electron chi connectivity index (χ4n) is 2.71. The third-order valence-electron chi connectivity index (χ3n) is 3.99. The highest BCUT2D eigenvalue weighted by Crippen LogP contribution is 2.41. The number of benzene rings is 2. The van der Waals surface area contributed by atoms with Crippen LogP contribution >= 0.6 is 11.6 Å². The van der Waals surface area contributed by atoms with Crippen molar-refractivity contribution in [1.29, 1.82) is 0 Å². The molecule has 0 heterocycles. The molecular weight excluding hydrogens is 298 g/mol. The van der Waals surface area contributed by atoms with Crippen LogP contribution in [0.2, 0.25) is 5.02 Å². The summed E-state index contributed by atoms with van der Waals surface area (Å²) in [5.74, 6) is 0.282. The number of hydrogen-bond donors (Lipinski definition) is 1. The number of methoxy groups -OCH3 is 1. The fourth-order valence-corrected chi connectivity index (χ4v) is 2.84. The van der Waals surface area contributed by atoms with Crippen molar-refractivity contribution in [2.24, 2.45) is 0 Å². The van der Waals surface area contributed by atoms with E-state index < -0.39 is 6.10 Å². The summed E-state index contributed by atoms with van der Waals surface area (Å²) in [4.78, 5) is 12.4. The van der Waals surface area contributed by atoms with Gasteiger partial charge in [-0.1, -0.05) is 54.1 Å². The third-order valence-corrected chi connectivity index (χ3v) is 4.24. The third kappa shape index (κ3) is 3.32. The van der Waals surface area contributed by atoms with E-state index in [1.54, 1.807) is 7.11 Å². The maximum Gasteiger partial charge on any atom is 0.253 e. The summed E-state index contributed by atoms with van der Waals surface area (Å²) < 4.78 is 5.35. The van der Waals surface area contributed by atoms with Crippen LogP contribution in [0.1, 0.15) is 29.6 Å². The highest BCUT2D eigenvalue weighted by molar-refractivity contribution is 6.30. The van der Waals surface area contributed by atoms with Gasteiger partial charge in [-0.25, -0.2) is 0 Å². The second-order valence-electron chi connectivity index (χ2n) is 5.54. The van der Waals surface area contributed by atoms with E-state index in [1.165, 1.54) is 5.56 Å². The zero-order valence-corrected chi connectivity index (χ0v) is 13.1. The Morgan fingerprint density at radius 1 is 1.18 bits per heavy atom. The van der Waals surface area contributed by atoms with Gasteiger partial charge in [0.1, 0.15) is 0 Å². The molecule has 2 unspecified atom stereocenters. The number of carbonyl (C=O) groups excluding carboxylic acids is 1. The molecule has 2 aromatic carbocycles. The lowest BCUT2D eigenvalue weighted by Crippen LogP contribution is -2.32. The van der Waals surface area contributed by atoms with E-state index in [0.717, 1.165) is 17.0 Å². The summed E-state index contributed by atoms with van der Waals surface area (Å²) >= 11 is 5.90. The summed E-state index contributed by atoms with van der Waals surface area (Å²) in [6.45, 7) is 0. The minimum Gasteiger partial charge on any atom is -0.367 e. The van der Waals surface area contributed by atoms with Gasteiger partial charge in [0.15, 0.2) is 6.10 Å². The molecule has 1 aliphatic carbocycles. The molecule has 22 heavy (non-hydrogen) atoms. The van der Waals surface area contributed by atoms with E-state index in [0.29, 0.717) is 5.92 Å². The molecule has 3 atom stereocenters. The Bertz CT molecular complexity index is 642. The van der Waals surface area contributed by atoms with Gasteiger partial charge in [0, 0.05) is 24.1 Å². The molecule has 0 radical (unpaired) electrons. The molecule has 0 aliphatic heterocycles. The standard InChI is InChI=1S/C18H18ClNO2/c1-22-17(13-5-3-2-4-6-13)18(21)20-16-11-15(16)12-7-9-14(19)10-8-12/h2-10,15-17H,11H2,1H3,(H,20,21)/t15?,16?,17-/m1/s1. The minimum absolute atomic E-state index is 0.0878. The molecule has 0 bridgehead atoms. The minimum atomic E-state index is -0.562. The molecule has 0 saturated heterocycles. The maximum absolute atomic E-state index is 12.4. The Morgan fingerprint density at radius 2 is 1.86 bits per heavy atom. The first-order valence-electron chi connectivity index (χ1n) is 7.32. The Labute approximate surface area is 135 Å². The highest BCUT2D eigenvalue weighted by Gasteiger charge is 2.40. The molecule has 0 spiro atoms. The average molecular weight is 316 g/mol. The van der Waals surface area contributed by atoms with Gasteiger partial charge in [0.25, 0.3) is 5.91 Å². The van der Waals surface area contributed by atoms with Gasteiger partial charge in [0.05, 0.1) is 0 Å². The second kappa shape index (κ2) is 6.51. The predicted molar refractivity (Wildman–Crippen MR) is 86.9 cm³/mol. The number of hydrogen-bond acceptors (Lipinski definition) is 2. The van der Waals surface area contributed by atoms with Crippen molar-refractivity contribution in [1.82, 2.24) is 5.32 Å². The highest BCUT2D eigenvalue weighted by atomic mass is 35.5. The summed E-state index contributed by atoms with van der Waals surface area (Å²) in [7, 11) is 1.56. The number of carbonyl (C=O) groups is 1. The molecule has 1 N–H and O–H groups in total. The zero-order valence-electron chi connectivity index (χ0n) is 12.3. The number of nitrogens with one attached hydrogen (secondary N) is 1. The molecule has 3 rings (SSSR count). The van der Waals surface area contributed by atoms with E-state index in [2.05, 4.69) is 5.32 Å². The summed E-state index contributed by atoms with van der Waals surface area (Å²) in [5.41, 5.74) is 2.08. The smallest absolute Gasteiger partial charge is 0.253 e. The monoisotopic (exact) mass is 315 g/mol. The van der Waals surface area contributed by atoms with Crippen LogP contribution in [0.3, 0.4) is 0 Å². The van der Waals surface area contributed by atoms with Crippen molar-refractivity contribution in [3.8, 4) is 0 Å². The molecule has 1 aliphatic rings. The van der Waals surface area contributed by atoms with Crippen molar-refractivity contribution in [3.63, 3.8) is 0 Å². The van der Waals surface area contributed by atoms with Crippen LogP contribution in [0.5, 0.6) is 0 Å². The van der Waals surface area contributed by atoms with Crippen LogP contribution in [0.4, 0.5) is 0 Å². The van der Waals surface area contributed by atoms with E-state index in [1.807, 2.05) is 54.6 Å². The van der Waals surface area contributed by atoms with Crippen LogP contribution in [-0.2, 0) is 9.53 Å². The molecule has 0 aromatic heterocycles. The Morgan fingerprint density at radius 3 is 2.50 bits per heavy atom. The molecular formula is C18H18ClNO2. The first-order chi connectivity index (χ1) is 10.7. The summed E-state index contributed by atoms with van der Waals surface area (Å²) in [6.07, 6.45) is 0.395. The lowest BCUT2D eigenvalue weighted by molar-refractivity contribution is -0.131. The number of amides is 1. The molecule has 2 aromatic rings. The Balaban J connectivity index is 1.62. The molecule has 3 nitrogen and oxygen atoms in total. The lowest BCUT2D eigenvalue weighted by atomic mass is 10.1. The van der Waals surface area contributed by atoms with Crippen LogP contribution in [-0.4, -0.2) is 19.1 Å². The fraction of sp³-hybridized carbons (Fsp3) is 0.278. The first-order valence-corrected chi connectivity index (χ1v) is 7.70. The quantitative estimate of drug-likeness (QED) is 0.913. The largest absolute Gasteiger partial charge is 0.367 e. The number of rotatable bonds is 5. The Kier molecular flexibility index (Phi) is 4.46. The van der Waals surface area contributed by atoms with E-state index in [9.17, 15) is 4.79 Å². The van der Waals surface area contributed by atoms with Gasteiger partial charge < -0.3 is 10.1 Å². The van der Waals surface area contributed by atoms with Crippen molar-refractivity contribution >= 4 is 17.5 Å². The Hall–Kier alpha value is -1.84. The van der Waals surface area contributed by atoms with Crippen molar-refractivity contribution < 1.29 is 9.53 Å². The van der Waals surface area contributed by atoms with Gasteiger partial charge in [0.2, 0.25) is 0 Å². The average Bonchev–Trinajstić information content (AvgIpc) is 3.29. The first kappa shape index (κ1) is 15.1. The molecule has 1 fully saturated rings. The van der Waals surface area contributed by atoms with Crippen molar-refractivity contribution in [2.75, 3.05) is 7.11 Å². The van der Waals surface area contributed by atoms with E-state index in [-0.39, 0.29) is 11.9 Å². The van der Waals surface area contributed by atoms with Crippen LogP contribution in [0.25, 0.3) is 0 Å². The molecule has 1 amide bonds. The van der Waals surface area contributed by atoms with Crippen molar-refractivity contribution in [2.45, 2.75) is 24.5 Å². The van der Waals surface area contributed by atoms with E-state index in [4.69, 9.17) is 16.3 Å². The zero-order chi connectivity index (χ0) is 15.5. The van der Waals surface area contributed by atoms with Gasteiger partial charge in [-0.15, -0.1) is 0 Å². The summed E-state index contributed by atoms with van der Waals surface area (Å²) in [6, 6.07) is 17.5. The predicted octanol–water partition coefficient (Wildman–Crippen LogP) is 3.70. The van der Waals surface area contributed by atoms with E-state index >= 15 is 0 Å². The van der Waals surface area contributed by atoms with Crippen molar-refractivity contribution in [3.05, 3.63) is 70.7 Å². The number of ether oxygens (including phenoxy) is 1. The summed E-state index contributed by atoms with van der Waals surface area (Å²) in [5, 5.41) is 3.80. The molecule has 4 heteroatoms. The van der Waals surface area contributed by atoms with Crippen LogP contribution in [0, 0.1) is 0 Å². The van der Waals surface area contributed by atoms with Gasteiger partial charge >= 0.3 is 0 Å². The number of halogens is 1. The topological polar surface area (TPSA) is 38.3 Å². The molecule has 1 saturated carbocycles. The second-order valence-corrected chi connectivity index (χ2v) is 5.97. The molecule has 114 valence electrons. The SMILES string of the molecule is CO[C@@H](C(=O)NC1CC1c1ccc(Cl)cc1)c1ccccc1. The van der Waals surface area contributed by atoms with Gasteiger partial charge in [-0.2, -0.15) is 0 Å². The van der Waals surface area contributed by atoms with Gasteiger partial charge in [-0.3, -0.25) is 4.79 Å². The van der Waals surface area contributed by atoms with Gasteiger partial charge in [-0.05, 0) is 29.7 Å². The van der Waals surface area contributed by atoms with Crippen LogP contribution < -0.4 is 5.32 Å². The van der Waals surface area contributed by atoms with Crippen LogP contribution in [0.15, 0.2) is 54.6 Å². The lowest BCUT2D eigenvalue weighted by Gasteiger charge is -2.15. The normalized spacial score (nSPS) is 21.2.